The summed E-state index contributed by atoms with van der Waals surface area (Å²) >= 11 is 0. The number of fused-ring (bicyclic) bond motifs is 1. The molecule has 2 aromatic rings. The molecule has 4 heteroatoms. The van der Waals surface area contributed by atoms with E-state index in [1.165, 1.54) is 6.07 Å². The highest BCUT2D eigenvalue weighted by atomic mass is 19.2. The van der Waals surface area contributed by atoms with E-state index >= 15 is 0 Å². The molecule has 0 spiro atoms. The number of hydrogen-bond acceptors (Lipinski definition) is 2. The van der Waals surface area contributed by atoms with Crippen LogP contribution in [-0.4, -0.2) is 6.04 Å². The number of furan rings is 1. The van der Waals surface area contributed by atoms with Crippen molar-refractivity contribution in [2.75, 3.05) is 0 Å². The van der Waals surface area contributed by atoms with E-state index in [9.17, 15) is 8.78 Å². The normalized spacial score (nSPS) is 11.6. The van der Waals surface area contributed by atoms with E-state index in [0.29, 0.717) is 23.7 Å². The number of nitrogens with one attached hydrogen (secondary N) is 1. The lowest BCUT2D eigenvalue weighted by Gasteiger charge is -2.04. The van der Waals surface area contributed by atoms with Crippen molar-refractivity contribution in [1.29, 1.82) is 0 Å². The van der Waals surface area contributed by atoms with Gasteiger partial charge < -0.3 is 9.73 Å². The fraction of sp³-hybridized carbons (Fsp3) is 0.333. The molecule has 0 radical (unpaired) electrons. The molecule has 1 heterocycles. The van der Waals surface area contributed by atoms with Gasteiger partial charge in [-0.05, 0) is 18.2 Å². The Hall–Kier alpha value is -1.42. The van der Waals surface area contributed by atoms with Gasteiger partial charge in [0.05, 0.1) is 6.54 Å². The third-order valence-corrected chi connectivity index (χ3v) is 2.31. The van der Waals surface area contributed by atoms with Gasteiger partial charge in [-0.2, -0.15) is 4.39 Å². The van der Waals surface area contributed by atoms with Crippen LogP contribution in [0.3, 0.4) is 0 Å². The van der Waals surface area contributed by atoms with E-state index in [1.54, 1.807) is 6.07 Å². The van der Waals surface area contributed by atoms with Crippen molar-refractivity contribution in [2.24, 2.45) is 0 Å². The van der Waals surface area contributed by atoms with Gasteiger partial charge in [0.1, 0.15) is 5.76 Å². The van der Waals surface area contributed by atoms with Crippen molar-refractivity contribution in [1.82, 2.24) is 5.32 Å². The first-order chi connectivity index (χ1) is 7.58. The van der Waals surface area contributed by atoms with Gasteiger partial charge in [-0.15, -0.1) is 0 Å². The van der Waals surface area contributed by atoms with Crippen molar-refractivity contribution in [2.45, 2.75) is 26.4 Å². The largest absolute Gasteiger partial charge is 0.457 e. The summed E-state index contributed by atoms with van der Waals surface area (Å²) in [6.45, 7) is 4.51. The van der Waals surface area contributed by atoms with Crippen molar-refractivity contribution in [3.05, 3.63) is 35.6 Å². The Bertz CT molecular complexity index is 505. The Morgan fingerprint density at radius 2 is 2.06 bits per heavy atom. The zero-order valence-electron chi connectivity index (χ0n) is 9.18. The summed E-state index contributed by atoms with van der Waals surface area (Å²) in [5.74, 6) is -1.20. The number of benzene rings is 1. The molecule has 16 heavy (non-hydrogen) atoms. The molecular weight excluding hydrogens is 212 g/mol. The summed E-state index contributed by atoms with van der Waals surface area (Å²) in [6.07, 6.45) is 0. The molecule has 0 saturated carbocycles. The third-order valence-electron chi connectivity index (χ3n) is 2.31. The van der Waals surface area contributed by atoms with E-state index in [1.807, 2.05) is 13.8 Å². The van der Waals surface area contributed by atoms with Crippen LogP contribution in [0.25, 0.3) is 11.0 Å². The van der Waals surface area contributed by atoms with Crippen molar-refractivity contribution >= 4 is 11.0 Å². The maximum Gasteiger partial charge on any atom is 0.201 e. The molecule has 2 nitrogen and oxygen atoms in total. The first kappa shape index (κ1) is 11.1. The Labute approximate surface area is 92.2 Å². The molecular formula is C12H13F2NO. The van der Waals surface area contributed by atoms with Crippen LogP contribution in [0.1, 0.15) is 19.6 Å². The molecule has 1 aromatic carbocycles. The van der Waals surface area contributed by atoms with E-state index in [4.69, 9.17) is 4.42 Å². The van der Waals surface area contributed by atoms with E-state index < -0.39 is 11.6 Å². The van der Waals surface area contributed by atoms with Crippen molar-refractivity contribution < 1.29 is 13.2 Å². The number of rotatable bonds is 3. The molecule has 0 aliphatic heterocycles. The Morgan fingerprint density at radius 3 is 2.75 bits per heavy atom. The smallest absolute Gasteiger partial charge is 0.201 e. The molecule has 0 unspecified atom stereocenters. The second kappa shape index (κ2) is 4.22. The summed E-state index contributed by atoms with van der Waals surface area (Å²) in [6, 6.07) is 4.64. The van der Waals surface area contributed by atoms with Crippen LogP contribution in [0.15, 0.2) is 22.6 Å². The predicted molar refractivity (Wildman–Crippen MR) is 58.1 cm³/mol. The van der Waals surface area contributed by atoms with Crippen LogP contribution in [0.4, 0.5) is 8.78 Å². The molecule has 0 aliphatic carbocycles. The van der Waals surface area contributed by atoms with Crippen LogP contribution in [0.2, 0.25) is 0 Å². The molecule has 2 rings (SSSR count). The molecule has 0 atom stereocenters. The van der Waals surface area contributed by atoms with Crippen LogP contribution in [0.5, 0.6) is 0 Å². The highest BCUT2D eigenvalue weighted by Crippen LogP contribution is 2.24. The van der Waals surface area contributed by atoms with Gasteiger partial charge in [0.15, 0.2) is 11.4 Å². The van der Waals surface area contributed by atoms with Crippen LogP contribution >= 0.6 is 0 Å². The Kier molecular flexibility index (Phi) is 2.92. The van der Waals surface area contributed by atoms with Gasteiger partial charge in [-0.25, -0.2) is 4.39 Å². The average molecular weight is 225 g/mol. The van der Waals surface area contributed by atoms with Gasteiger partial charge in [0.25, 0.3) is 0 Å². The predicted octanol–water partition coefficient (Wildman–Crippen LogP) is 3.21. The maximum absolute atomic E-state index is 13.3. The molecule has 1 N–H and O–H groups in total. The summed E-state index contributed by atoms with van der Waals surface area (Å²) in [4.78, 5) is 0. The second-order valence-electron chi connectivity index (χ2n) is 4.03. The molecule has 0 fully saturated rings. The lowest BCUT2D eigenvalue weighted by molar-refractivity contribution is 0.459. The van der Waals surface area contributed by atoms with Gasteiger partial charge in [-0.1, -0.05) is 13.8 Å². The summed E-state index contributed by atoms with van der Waals surface area (Å²) in [7, 11) is 0. The first-order valence-electron chi connectivity index (χ1n) is 5.17. The van der Waals surface area contributed by atoms with Crippen molar-refractivity contribution in [3.63, 3.8) is 0 Å². The Balaban J connectivity index is 2.33. The fourth-order valence-corrected chi connectivity index (χ4v) is 1.49. The highest BCUT2D eigenvalue weighted by Gasteiger charge is 2.12. The molecule has 0 saturated heterocycles. The number of hydrogen-bond donors (Lipinski definition) is 1. The standard InChI is InChI=1S/C12H13F2NO/c1-7(2)15-6-9-5-8-3-4-10(13)11(14)12(8)16-9/h3-5,7,15H,6H2,1-2H3. The summed E-state index contributed by atoms with van der Waals surface area (Å²) in [5, 5.41) is 3.73. The second-order valence-corrected chi connectivity index (χ2v) is 4.03. The molecule has 0 amide bonds. The lowest BCUT2D eigenvalue weighted by atomic mass is 10.2. The quantitative estimate of drug-likeness (QED) is 0.867. The van der Waals surface area contributed by atoms with Crippen LogP contribution < -0.4 is 5.32 Å². The van der Waals surface area contributed by atoms with Crippen molar-refractivity contribution in [3.8, 4) is 0 Å². The zero-order chi connectivity index (χ0) is 11.7. The Morgan fingerprint density at radius 1 is 1.31 bits per heavy atom. The molecule has 1 aromatic heterocycles. The highest BCUT2D eigenvalue weighted by molar-refractivity contribution is 5.78. The van der Waals surface area contributed by atoms with Gasteiger partial charge in [0, 0.05) is 11.4 Å². The zero-order valence-corrected chi connectivity index (χ0v) is 9.18. The van der Waals surface area contributed by atoms with E-state index in [2.05, 4.69) is 5.32 Å². The van der Waals surface area contributed by atoms with Gasteiger partial charge >= 0.3 is 0 Å². The SMILES string of the molecule is CC(C)NCc1cc2ccc(F)c(F)c2o1. The lowest BCUT2D eigenvalue weighted by Crippen LogP contribution is -2.21. The van der Waals surface area contributed by atoms with Gasteiger partial charge in [0.2, 0.25) is 5.82 Å². The van der Waals surface area contributed by atoms with Crippen LogP contribution in [-0.2, 0) is 6.54 Å². The minimum atomic E-state index is -0.923. The average Bonchev–Trinajstić information content (AvgIpc) is 2.64. The minimum Gasteiger partial charge on any atom is -0.457 e. The third kappa shape index (κ3) is 2.07. The summed E-state index contributed by atoms with van der Waals surface area (Å²) in [5.41, 5.74) is -0.0134. The van der Waals surface area contributed by atoms with Crippen LogP contribution in [0, 0.1) is 11.6 Å². The monoisotopic (exact) mass is 225 g/mol. The van der Waals surface area contributed by atoms with E-state index in [-0.39, 0.29) is 5.58 Å². The molecule has 86 valence electrons. The topological polar surface area (TPSA) is 25.2 Å². The first-order valence-corrected chi connectivity index (χ1v) is 5.17. The summed E-state index contributed by atoms with van der Waals surface area (Å²) < 4.78 is 31.5. The minimum absolute atomic E-state index is 0.0134. The fourth-order valence-electron chi connectivity index (χ4n) is 1.49. The maximum atomic E-state index is 13.3. The molecule has 0 aliphatic rings. The van der Waals surface area contributed by atoms with E-state index in [0.717, 1.165) is 6.07 Å². The van der Waals surface area contributed by atoms with Gasteiger partial charge in [-0.3, -0.25) is 0 Å². The molecule has 0 bridgehead atoms. The number of halogens is 2.